The number of hydrogen-bond acceptors (Lipinski definition) is 17. The number of nitrogens with zero attached hydrogens (tertiary/aromatic N) is 13. The summed E-state index contributed by atoms with van der Waals surface area (Å²) in [6, 6.07) is 21.2. The molecule has 0 amide bonds. The van der Waals surface area contributed by atoms with Crippen LogP contribution in [-0.4, -0.2) is 156 Å². The quantitative estimate of drug-likeness (QED) is 0.0767. The normalized spacial score (nSPS) is 20.1. The van der Waals surface area contributed by atoms with Crippen LogP contribution in [0.25, 0.3) is 0 Å². The van der Waals surface area contributed by atoms with E-state index in [9.17, 15) is 4.79 Å². The van der Waals surface area contributed by atoms with E-state index in [1.54, 1.807) is 40.3 Å². The number of carbonyl (C=O) groups excluding carboxylic acids is 1. The number of nitrogens with one attached hydrogen (secondary N) is 2. The minimum atomic E-state index is -0.833. The van der Waals surface area contributed by atoms with Crippen molar-refractivity contribution in [2.75, 3.05) is 69.4 Å². The van der Waals surface area contributed by atoms with Crippen LogP contribution in [0.15, 0.2) is 78.3 Å². The third-order valence-electron chi connectivity index (χ3n) is 12.3. The number of aromatic nitrogens is 7. The number of nitrogens with two attached hydrogens (primary N) is 1. The van der Waals surface area contributed by atoms with Gasteiger partial charge in [-0.1, -0.05) is 59.2 Å². The molecule has 0 aliphatic carbocycles. The summed E-state index contributed by atoms with van der Waals surface area (Å²) in [5.74, 6) is 0.475. The predicted octanol–water partition coefficient (Wildman–Crippen LogP) is 5.46. The average Bonchev–Trinajstić information content (AvgIpc) is 4.18. The van der Waals surface area contributed by atoms with E-state index >= 15 is 0 Å². The smallest absolute Gasteiger partial charge is 0.300 e. The van der Waals surface area contributed by atoms with Gasteiger partial charge in [-0.15, -0.1) is 22.5 Å². The second kappa shape index (κ2) is 30.2. The maximum atomic E-state index is 10.9. The number of nitrogen functional groups attached to an aromatic ring is 1. The molecule has 0 unspecified atom stereocenters. The lowest BCUT2D eigenvalue weighted by Crippen LogP contribution is -2.57. The summed E-state index contributed by atoms with van der Waals surface area (Å²) in [4.78, 5) is 34.7. The summed E-state index contributed by atoms with van der Waals surface area (Å²) in [6.07, 6.45) is 15.4. The van der Waals surface area contributed by atoms with E-state index in [0.717, 1.165) is 74.0 Å². The Bertz CT molecular complexity index is 2670. The van der Waals surface area contributed by atoms with Gasteiger partial charge >= 0.3 is 0 Å². The van der Waals surface area contributed by atoms with Crippen LogP contribution in [0.4, 0.5) is 11.9 Å². The van der Waals surface area contributed by atoms with Crippen molar-refractivity contribution < 1.29 is 24.2 Å². The molecule has 0 radical (unpaired) electrons. The summed E-state index contributed by atoms with van der Waals surface area (Å²) in [5, 5.41) is 54.8. The van der Waals surface area contributed by atoms with Gasteiger partial charge in [0.1, 0.15) is 17.9 Å². The first-order valence-corrected chi connectivity index (χ1v) is 25.7. The van der Waals surface area contributed by atoms with Crippen LogP contribution < -0.4 is 16.0 Å². The Balaban J connectivity index is 0.000000217. The third-order valence-corrected chi connectivity index (χ3v) is 13.5. The number of aliphatic imine (C=N–C) groups is 1. The molecule has 21 nitrogen and oxygen atoms in total. The highest BCUT2D eigenvalue weighted by Gasteiger charge is 2.36. The topological polar surface area (TPSA) is 282 Å². The van der Waals surface area contributed by atoms with Gasteiger partial charge in [0.25, 0.3) is 5.97 Å². The van der Waals surface area contributed by atoms with Gasteiger partial charge in [0.2, 0.25) is 18.1 Å². The lowest BCUT2D eigenvalue weighted by atomic mass is 9.96. The predicted molar refractivity (Wildman–Crippen MR) is 285 cm³/mol. The molecule has 5 N–H and O–H groups in total. The number of benzene rings is 2. The number of Topliss-reactive ketones (excluding diaryl/α,β-unsaturated/α-hetero) is 1. The highest BCUT2D eigenvalue weighted by molar-refractivity contribution is 8.13. The number of anilines is 2. The van der Waals surface area contributed by atoms with E-state index in [2.05, 4.69) is 69.8 Å². The number of ketones is 1. The van der Waals surface area contributed by atoms with Gasteiger partial charge in [0, 0.05) is 99.6 Å². The summed E-state index contributed by atoms with van der Waals surface area (Å²) in [7, 11) is 0. The van der Waals surface area contributed by atoms with Crippen molar-refractivity contribution in [3.63, 3.8) is 0 Å². The van der Waals surface area contributed by atoms with Crippen molar-refractivity contribution in [2.24, 2.45) is 4.99 Å². The van der Waals surface area contributed by atoms with Crippen molar-refractivity contribution in [3.05, 3.63) is 106 Å². The Morgan fingerprint density at radius 1 is 0.878 bits per heavy atom. The summed E-state index contributed by atoms with van der Waals surface area (Å²) in [6.45, 7) is 8.42. The van der Waals surface area contributed by atoms with Gasteiger partial charge < -0.3 is 35.4 Å². The van der Waals surface area contributed by atoms with E-state index in [1.807, 2.05) is 47.6 Å². The maximum Gasteiger partial charge on any atom is 0.300 e. The first-order chi connectivity index (χ1) is 35.3. The van der Waals surface area contributed by atoms with Gasteiger partial charge in [-0.3, -0.25) is 23.9 Å². The van der Waals surface area contributed by atoms with Gasteiger partial charge in [-0.05, 0) is 67.3 Å². The van der Waals surface area contributed by atoms with Crippen LogP contribution in [0.2, 0.25) is 10.0 Å². The van der Waals surface area contributed by atoms with E-state index in [4.69, 9.17) is 64.1 Å². The highest BCUT2D eigenvalue weighted by Crippen LogP contribution is 2.27. The molecule has 4 saturated heterocycles. The van der Waals surface area contributed by atoms with E-state index in [0.29, 0.717) is 93.1 Å². The number of nitriles is 3. The molecule has 4 aliphatic rings. The monoisotopic (exact) mass is 1090 g/mol. The Morgan fingerprint density at radius 3 is 1.92 bits per heavy atom. The number of morpholine rings is 2. The molecule has 394 valence electrons. The van der Waals surface area contributed by atoms with Crippen molar-refractivity contribution >= 4 is 76.2 Å². The number of H-pyrrole nitrogens is 1. The Kier molecular flexibility index (Phi) is 23.9. The van der Waals surface area contributed by atoms with Crippen LogP contribution in [0.5, 0.6) is 0 Å². The number of hydrogen-bond donors (Lipinski definition) is 4. The number of carboxylic acids is 1. The Labute approximate surface area is 451 Å². The van der Waals surface area contributed by atoms with E-state index in [1.165, 1.54) is 22.9 Å². The minimum absolute atomic E-state index is 0. The zero-order valence-electron chi connectivity index (χ0n) is 41.2. The molecule has 5 aromatic rings. The molecular formula is C49H61Cl3N16O5S. The molecule has 0 spiro atoms. The largest absolute Gasteiger partial charge is 0.481 e. The fraction of sp³-hybridized carbons (Fsp3) is 0.469. The number of aromatic amines is 1. The van der Waals surface area contributed by atoms with Crippen LogP contribution in [0.1, 0.15) is 54.9 Å². The molecule has 2 aromatic carbocycles. The summed E-state index contributed by atoms with van der Waals surface area (Å²) in [5.41, 5.74) is 9.34. The molecule has 9 rings (SSSR count). The number of carboxylic acid groups (broad SMARTS) is 1. The van der Waals surface area contributed by atoms with Crippen molar-refractivity contribution in [1.29, 1.82) is 15.8 Å². The SMILES string of the molecule is CC(=O)O.CSC(=NC#N)N1CCC(=O)CC1.Cl.N#Cc1cnn(C[C@H]2CN(C3CCN(c4n[nH]c(N)n4)CC3)[C@@H](Cc3ccc(Cl)cc3)CO2)c1.N#Cc1cnn(C[C@H]2CN[C@@H](Cc3ccc(Cl)cc3)CO2)c1. The molecule has 3 aromatic heterocycles. The van der Waals surface area contributed by atoms with E-state index < -0.39 is 5.97 Å². The number of aliphatic carboxylic acids is 1. The fourth-order valence-corrected chi connectivity index (χ4v) is 9.55. The molecule has 7 heterocycles. The second-order valence-corrected chi connectivity index (χ2v) is 19.3. The standard InChI is InChI=1S/C23H28ClN9O.C16H17ClN4O.C8H11N3OS.C2H4O2.ClH/c24-18-3-1-16(2-4-18)9-20-15-34-21(13-32-12-17(10-25)11-27-32)14-33(20)19-5-7-31(8-6-19)23-28-22(26)29-30-23;17-14-3-1-12(2-4-14)5-15-11-22-16(8-19-15)10-21-9-13(6-18)7-20-21;1-13-8(10-6-9)11-4-2-7(12)3-5-11;1-2(3)4;/h1-4,11-12,19-21H,5-9,13-15H2,(H3,26,28,29,30);1-4,7,9,15-16,19H,5,8,10-11H2;2-5H2,1H3;1H3,(H,3,4);1H/t20-,21-;15-,16+;;;/m00.../s1. The maximum absolute atomic E-state index is 10.9. The lowest BCUT2D eigenvalue weighted by Gasteiger charge is -2.46. The minimum Gasteiger partial charge on any atom is -0.481 e. The second-order valence-electron chi connectivity index (χ2n) is 17.6. The summed E-state index contributed by atoms with van der Waals surface area (Å²) < 4.78 is 15.7. The van der Waals surface area contributed by atoms with Crippen molar-refractivity contribution in [3.8, 4) is 18.3 Å². The van der Waals surface area contributed by atoms with Gasteiger partial charge in [-0.25, -0.2) is 5.10 Å². The first-order valence-electron chi connectivity index (χ1n) is 23.8. The molecule has 4 fully saturated rings. The van der Waals surface area contributed by atoms with Crippen molar-refractivity contribution in [1.82, 2.24) is 49.9 Å². The average molecular weight is 1090 g/mol. The Morgan fingerprint density at radius 2 is 1.43 bits per heavy atom. The number of rotatable bonds is 10. The Hall–Kier alpha value is -6.26. The lowest BCUT2D eigenvalue weighted by molar-refractivity contribution is -0.134. The molecule has 25 heteroatoms. The third kappa shape index (κ3) is 18.9. The van der Waals surface area contributed by atoms with Gasteiger partial charge in [0.15, 0.2) is 5.17 Å². The van der Waals surface area contributed by atoms with Crippen LogP contribution in [0, 0.1) is 34.1 Å². The molecule has 4 atom stereocenters. The zero-order valence-corrected chi connectivity index (χ0v) is 44.3. The molecular weight excluding hydrogens is 1030 g/mol. The number of likely N-dealkylation sites (tertiary alicyclic amines) is 1. The van der Waals surface area contributed by atoms with Crippen LogP contribution in [0.3, 0.4) is 0 Å². The van der Waals surface area contributed by atoms with Gasteiger partial charge in [-0.2, -0.15) is 31.0 Å². The number of carbonyl (C=O) groups is 2. The first kappa shape index (κ1) is 58.6. The molecule has 74 heavy (non-hydrogen) atoms. The van der Waals surface area contributed by atoms with Gasteiger partial charge in [0.05, 0.1) is 62.0 Å². The number of thioether (sulfide) groups is 1. The summed E-state index contributed by atoms with van der Waals surface area (Å²) >= 11 is 13.4. The van der Waals surface area contributed by atoms with E-state index in [-0.39, 0.29) is 30.7 Å². The highest BCUT2D eigenvalue weighted by atomic mass is 35.5. The molecule has 0 saturated carbocycles. The number of halogens is 3. The number of piperidine rings is 2. The zero-order chi connectivity index (χ0) is 52.1. The molecule has 4 aliphatic heterocycles. The van der Waals surface area contributed by atoms with Crippen LogP contribution in [-0.2, 0) is 45.0 Å². The number of ether oxygens (including phenoxy) is 2. The number of amidine groups is 1. The molecule has 0 bridgehead atoms. The van der Waals surface area contributed by atoms with Crippen molar-refractivity contribution in [2.45, 2.75) is 88.9 Å². The fourth-order valence-electron chi connectivity index (χ4n) is 8.73. The van der Waals surface area contributed by atoms with Crippen LogP contribution >= 0.6 is 47.4 Å².